The van der Waals surface area contributed by atoms with Crippen LogP contribution in [0.2, 0.25) is 0 Å². The number of para-hydroxylation sites is 4. The Kier molecular flexibility index (Phi) is 5.39. The number of hydrogen-bond acceptors (Lipinski definition) is 2. The number of benzene rings is 10. The Labute approximate surface area is 309 Å². The molecule has 0 N–H and O–H groups in total. The third-order valence-electron chi connectivity index (χ3n) is 11.9. The summed E-state index contributed by atoms with van der Waals surface area (Å²) >= 11 is 0. The lowest BCUT2D eigenvalue weighted by Gasteiger charge is -2.21. The highest BCUT2D eigenvalue weighted by Gasteiger charge is 2.33. The summed E-state index contributed by atoms with van der Waals surface area (Å²) in [5.41, 5.74) is 13.2. The summed E-state index contributed by atoms with van der Waals surface area (Å²) in [6.45, 7) is 0. The van der Waals surface area contributed by atoms with Gasteiger partial charge in [0.05, 0.1) is 0 Å². The van der Waals surface area contributed by atoms with Gasteiger partial charge in [0.15, 0.2) is 0 Å². The van der Waals surface area contributed by atoms with Crippen molar-refractivity contribution in [3.05, 3.63) is 170 Å². The van der Waals surface area contributed by atoms with E-state index in [2.05, 4.69) is 170 Å². The van der Waals surface area contributed by atoms with Crippen molar-refractivity contribution in [2.45, 2.75) is 0 Å². The van der Waals surface area contributed by atoms with E-state index >= 15 is 0 Å². The first-order valence-electron chi connectivity index (χ1n) is 18.6. The van der Waals surface area contributed by atoms with Gasteiger partial charge in [0.2, 0.25) is 0 Å². The van der Waals surface area contributed by atoms with Gasteiger partial charge in [0.25, 0.3) is 0 Å². The molecule has 0 atom stereocenters. The second-order valence-electron chi connectivity index (χ2n) is 14.7. The van der Waals surface area contributed by atoms with E-state index in [4.69, 9.17) is 8.83 Å². The summed E-state index contributed by atoms with van der Waals surface area (Å²) in [5, 5.41) is 14.4. The molecule has 0 saturated carbocycles. The molecule has 0 radical (unpaired) electrons. The molecule has 10 aromatic carbocycles. The van der Waals surface area contributed by atoms with Crippen molar-refractivity contribution in [3.8, 4) is 44.5 Å². The summed E-state index contributed by atoms with van der Waals surface area (Å²) in [6, 6.07) is 61.7. The molecule has 1 aliphatic carbocycles. The molecule has 2 aromatic heterocycles. The fourth-order valence-electron chi connectivity index (χ4n) is 9.73. The summed E-state index contributed by atoms with van der Waals surface area (Å²) in [7, 11) is 0. The van der Waals surface area contributed by atoms with Crippen molar-refractivity contribution >= 4 is 87.0 Å². The molecular formula is C52H28O2. The zero-order valence-electron chi connectivity index (χ0n) is 29.0. The van der Waals surface area contributed by atoms with Crippen LogP contribution in [-0.2, 0) is 0 Å². The summed E-state index contributed by atoms with van der Waals surface area (Å²) in [4.78, 5) is 0. The maximum atomic E-state index is 6.85. The second kappa shape index (κ2) is 10.2. The average molecular weight is 685 g/mol. The average Bonchev–Trinajstić information content (AvgIpc) is 3.90. The zero-order chi connectivity index (χ0) is 35.1. The standard InChI is InChI=1S/C52H28O2/c1-2-13-30-27-42-41(26-29(30)12-1)47(39-22-10-19-36-33-16-5-7-24-44(33)53-51(36)39)49-38-21-9-18-35-32-15-4-3-14-31(32)28-43(46(35)38)50(49)48(42)40-23-11-20-37-34-17-6-8-25-45(34)54-52(37)40/h1-28H. The number of rotatable bonds is 2. The van der Waals surface area contributed by atoms with Crippen LogP contribution in [0.5, 0.6) is 0 Å². The van der Waals surface area contributed by atoms with Gasteiger partial charge in [-0.05, 0) is 95.7 Å². The molecule has 54 heavy (non-hydrogen) atoms. The van der Waals surface area contributed by atoms with Crippen LogP contribution in [0.3, 0.4) is 0 Å². The third kappa shape index (κ3) is 3.59. The monoisotopic (exact) mass is 684 g/mol. The van der Waals surface area contributed by atoms with E-state index < -0.39 is 0 Å². The molecule has 13 rings (SSSR count). The van der Waals surface area contributed by atoms with Gasteiger partial charge in [-0.3, -0.25) is 0 Å². The number of furan rings is 2. The highest BCUT2D eigenvalue weighted by atomic mass is 16.3. The van der Waals surface area contributed by atoms with Gasteiger partial charge in [0, 0.05) is 43.8 Å². The fourth-order valence-corrected chi connectivity index (χ4v) is 9.73. The van der Waals surface area contributed by atoms with Crippen molar-refractivity contribution in [3.63, 3.8) is 0 Å². The Bertz CT molecular complexity index is 3610. The zero-order valence-corrected chi connectivity index (χ0v) is 29.0. The van der Waals surface area contributed by atoms with Gasteiger partial charge in [-0.2, -0.15) is 0 Å². The quantitative estimate of drug-likeness (QED) is 0.134. The van der Waals surface area contributed by atoms with Crippen molar-refractivity contribution < 1.29 is 8.83 Å². The molecular weight excluding hydrogens is 657 g/mol. The topological polar surface area (TPSA) is 26.3 Å². The summed E-state index contributed by atoms with van der Waals surface area (Å²) in [5.74, 6) is 0. The SMILES string of the molecule is c1ccc2cc3c(-c4cccc5c4oc4ccccc45)c4c(c(-c5cccc6c5oc5ccccc56)c3cc2c1)-c1cccc2c1c-4cc1ccccc12. The van der Waals surface area contributed by atoms with Gasteiger partial charge in [-0.25, -0.2) is 0 Å². The Hall–Kier alpha value is -7.16. The lowest BCUT2D eigenvalue weighted by atomic mass is 9.81. The molecule has 0 spiro atoms. The second-order valence-corrected chi connectivity index (χ2v) is 14.7. The number of hydrogen-bond donors (Lipinski definition) is 0. The molecule has 2 heterocycles. The van der Waals surface area contributed by atoms with Crippen LogP contribution in [0.25, 0.3) is 131 Å². The molecule has 2 heteroatoms. The van der Waals surface area contributed by atoms with Crippen LogP contribution in [-0.4, -0.2) is 0 Å². The van der Waals surface area contributed by atoms with Crippen molar-refractivity contribution in [1.82, 2.24) is 0 Å². The van der Waals surface area contributed by atoms with Gasteiger partial charge in [-0.1, -0.05) is 140 Å². The third-order valence-corrected chi connectivity index (χ3v) is 11.9. The van der Waals surface area contributed by atoms with Gasteiger partial charge < -0.3 is 8.83 Å². The smallest absolute Gasteiger partial charge is 0.143 e. The Morgan fingerprint density at radius 3 is 1.30 bits per heavy atom. The maximum Gasteiger partial charge on any atom is 0.143 e. The first kappa shape index (κ1) is 28.4. The van der Waals surface area contributed by atoms with Crippen LogP contribution in [0.1, 0.15) is 0 Å². The minimum atomic E-state index is 0.899. The van der Waals surface area contributed by atoms with Crippen LogP contribution in [0.4, 0.5) is 0 Å². The lowest BCUT2D eigenvalue weighted by molar-refractivity contribution is 0.669. The first-order chi connectivity index (χ1) is 26.8. The van der Waals surface area contributed by atoms with Gasteiger partial charge in [0.1, 0.15) is 22.3 Å². The molecule has 0 amide bonds. The molecule has 2 nitrogen and oxygen atoms in total. The highest BCUT2D eigenvalue weighted by Crippen LogP contribution is 2.60. The van der Waals surface area contributed by atoms with Crippen molar-refractivity contribution in [2.75, 3.05) is 0 Å². The first-order valence-corrected chi connectivity index (χ1v) is 18.6. The highest BCUT2D eigenvalue weighted by molar-refractivity contribution is 6.33. The Morgan fingerprint density at radius 2 is 0.704 bits per heavy atom. The van der Waals surface area contributed by atoms with Gasteiger partial charge in [-0.15, -0.1) is 0 Å². The van der Waals surface area contributed by atoms with E-state index in [0.29, 0.717) is 0 Å². The maximum absolute atomic E-state index is 6.85. The van der Waals surface area contributed by atoms with Crippen molar-refractivity contribution in [2.24, 2.45) is 0 Å². The molecule has 1 aliphatic rings. The number of fused-ring (bicyclic) bond motifs is 13. The van der Waals surface area contributed by atoms with Gasteiger partial charge >= 0.3 is 0 Å². The molecule has 248 valence electrons. The molecule has 0 fully saturated rings. The lowest BCUT2D eigenvalue weighted by Crippen LogP contribution is -1.95. The van der Waals surface area contributed by atoms with E-state index in [-0.39, 0.29) is 0 Å². The molecule has 0 bridgehead atoms. The summed E-state index contributed by atoms with van der Waals surface area (Å²) in [6.07, 6.45) is 0. The van der Waals surface area contributed by atoms with Crippen LogP contribution in [0, 0.1) is 0 Å². The van der Waals surface area contributed by atoms with Crippen LogP contribution >= 0.6 is 0 Å². The van der Waals surface area contributed by atoms with Crippen LogP contribution < -0.4 is 0 Å². The fraction of sp³-hybridized carbons (Fsp3) is 0. The van der Waals surface area contributed by atoms with E-state index in [1.165, 1.54) is 76.5 Å². The van der Waals surface area contributed by atoms with E-state index in [0.717, 1.165) is 55.0 Å². The molecule has 12 aromatic rings. The van der Waals surface area contributed by atoms with Crippen LogP contribution in [0.15, 0.2) is 179 Å². The Morgan fingerprint density at radius 1 is 0.259 bits per heavy atom. The predicted molar refractivity (Wildman–Crippen MR) is 226 cm³/mol. The minimum Gasteiger partial charge on any atom is -0.455 e. The normalized spacial score (nSPS) is 12.4. The van der Waals surface area contributed by atoms with Crippen molar-refractivity contribution in [1.29, 1.82) is 0 Å². The molecule has 0 unspecified atom stereocenters. The molecule has 0 saturated heterocycles. The van der Waals surface area contributed by atoms with E-state index in [9.17, 15) is 0 Å². The predicted octanol–water partition coefficient (Wildman–Crippen LogP) is 15.1. The summed E-state index contributed by atoms with van der Waals surface area (Å²) < 4.78 is 13.7. The Balaban J connectivity index is 1.31. The largest absolute Gasteiger partial charge is 0.455 e. The van der Waals surface area contributed by atoms with E-state index in [1.54, 1.807) is 0 Å². The van der Waals surface area contributed by atoms with E-state index in [1.807, 2.05) is 0 Å². The minimum absolute atomic E-state index is 0.899. The molecule has 0 aliphatic heterocycles.